The highest BCUT2D eigenvalue weighted by atomic mass is 32.2. The molecule has 0 aliphatic rings. The Kier molecular flexibility index (Phi) is 5.74. The van der Waals surface area contributed by atoms with Gasteiger partial charge in [-0.1, -0.05) is 29.1 Å². The first-order valence-corrected chi connectivity index (χ1v) is 11.9. The minimum atomic E-state index is -0.133. The van der Waals surface area contributed by atoms with Gasteiger partial charge in [0, 0.05) is 10.9 Å². The van der Waals surface area contributed by atoms with Crippen LogP contribution in [0.5, 0.6) is 5.75 Å². The zero-order valence-corrected chi connectivity index (χ0v) is 18.7. The van der Waals surface area contributed by atoms with Crippen molar-refractivity contribution in [3.05, 3.63) is 81.6 Å². The van der Waals surface area contributed by atoms with Gasteiger partial charge in [0.1, 0.15) is 5.75 Å². The number of benzene rings is 2. The molecule has 0 unspecified atom stereocenters. The molecule has 0 saturated heterocycles. The van der Waals surface area contributed by atoms with Crippen molar-refractivity contribution in [1.29, 1.82) is 0 Å². The minimum absolute atomic E-state index is 0.133. The molecule has 0 amide bonds. The van der Waals surface area contributed by atoms with E-state index in [-0.39, 0.29) is 5.56 Å². The number of hydrogen-bond donors (Lipinski definition) is 0. The van der Waals surface area contributed by atoms with Gasteiger partial charge in [-0.25, -0.2) is 4.98 Å². The smallest absolute Gasteiger partial charge is 0.266 e. The quantitative estimate of drug-likeness (QED) is 0.243. The molecule has 0 N–H and O–H groups in total. The summed E-state index contributed by atoms with van der Waals surface area (Å²) in [5.41, 5.74) is 2.15. The maximum Gasteiger partial charge on any atom is 0.266 e. The topological polar surface area (TPSA) is 83.0 Å². The van der Waals surface area contributed by atoms with E-state index in [4.69, 9.17) is 14.2 Å². The van der Waals surface area contributed by atoms with Crippen LogP contribution < -0.4 is 10.3 Å². The zero-order chi connectivity index (χ0) is 21.9. The summed E-state index contributed by atoms with van der Waals surface area (Å²) < 4.78 is 12.5. The van der Waals surface area contributed by atoms with E-state index in [1.165, 1.54) is 11.8 Å². The summed E-state index contributed by atoms with van der Waals surface area (Å²) in [7, 11) is 0. The maximum absolute atomic E-state index is 13.4. The molecule has 0 bridgehead atoms. The third kappa shape index (κ3) is 4.04. The molecule has 0 fully saturated rings. The van der Waals surface area contributed by atoms with Crippen molar-refractivity contribution in [2.45, 2.75) is 17.8 Å². The highest BCUT2D eigenvalue weighted by molar-refractivity contribution is 7.98. The molecule has 0 aliphatic heterocycles. The second-order valence-corrected chi connectivity index (χ2v) is 8.51. The summed E-state index contributed by atoms with van der Waals surface area (Å²) in [5.74, 6) is 2.16. The Hall–Kier alpha value is -3.43. The van der Waals surface area contributed by atoms with E-state index >= 15 is 0 Å². The van der Waals surface area contributed by atoms with Crippen LogP contribution in [0.2, 0.25) is 0 Å². The average Bonchev–Trinajstić information content (AvgIpc) is 3.51. The number of ether oxygens (including phenoxy) is 1. The highest BCUT2D eigenvalue weighted by Crippen LogP contribution is 2.26. The monoisotopic (exact) mass is 462 g/mol. The van der Waals surface area contributed by atoms with Crippen LogP contribution in [-0.2, 0) is 5.75 Å². The predicted octanol–water partition coefficient (Wildman–Crippen LogP) is 5.19. The van der Waals surface area contributed by atoms with E-state index in [1.807, 2.05) is 66.2 Å². The number of aromatic nitrogens is 4. The molecule has 3 heterocycles. The molecule has 0 radical (unpaired) electrons. The largest absolute Gasteiger partial charge is 0.494 e. The third-order valence-electron chi connectivity index (χ3n) is 4.72. The van der Waals surface area contributed by atoms with Crippen LogP contribution in [0.1, 0.15) is 12.8 Å². The minimum Gasteiger partial charge on any atom is -0.494 e. The Balaban J connectivity index is 1.51. The van der Waals surface area contributed by atoms with E-state index in [2.05, 4.69) is 10.1 Å². The molecule has 0 aliphatic carbocycles. The van der Waals surface area contributed by atoms with Crippen molar-refractivity contribution >= 4 is 34.0 Å². The lowest BCUT2D eigenvalue weighted by Crippen LogP contribution is -2.21. The number of nitrogens with zero attached hydrogens (tertiary/aromatic N) is 4. The van der Waals surface area contributed by atoms with Gasteiger partial charge in [0.25, 0.3) is 5.56 Å². The molecule has 160 valence electrons. The number of fused-ring (bicyclic) bond motifs is 1. The Bertz CT molecular complexity index is 1410. The molecule has 5 rings (SSSR count). The van der Waals surface area contributed by atoms with E-state index in [0.29, 0.717) is 45.8 Å². The molecule has 5 aromatic rings. The Labute approximate surface area is 191 Å². The number of hydrogen-bond acceptors (Lipinski definition) is 8. The molecule has 32 heavy (non-hydrogen) atoms. The normalized spacial score (nSPS) is 11.2. The van der Waals surface area contributed by atoms with Crippen LogP contribution in [0.3, 0.4) is 0 Å². The first-order chi connectivity index (χ1) is 15.7. The van der Waals surface area contributed by atoms with Crippen molar-refractivity contribution in [3.8, 4) is 22.8 Å². The van der Waals surface area contributed by atoms with Crippen molar-refractivity contribution < 1.29 is 9.26 Å². The summed E-state index contributed by atoms with van der Waals surface area (Å²) in [5, 5.41) is 9.09. The van der Waals surface area contributed by atoms with Crippen LogP contribution >= 0.6 is 23.1 Å². The Morgan fingerprint density at radius 3 is 2.72 bits per heavy atom. The molecule has 9 heteroatoms. The van der Waals surface area contributed by atoms with Gasteiger partial charge >= 0.3 is 0 Å². The number of thioether (sulfide) groups is 1. The second kappa shape index (κ2) is 8.97. The number of para-hydroxylation sites is 1. The highest BCUT2D eigenvalue weighted by Gasteiger charge is 2.16. The molecule has 0 saturated carbocycles. The molecule has 2 aromatic carbocycles. The predicted molar refractivity (Wildman–Crippen MR) is 126 cm³/mol. The fourth-order valence-corrected chi connectivity index (χ4v) is 4.73. The second-order valence-electron chi connectivity index (χ2n) is 6.79. The van der Waals surface area contributed by atoms with Gasteiger partial charge in [-0.15, -0.1) is 0 Å². The van der Waals surface area contributed by atoms with Crippen molar-refractivity contribution in [2.75, 3.05) is 6.61 Å². The first-order valence-electron chi connectivity index (χ1n) is 9.96. The summed E-state index contributed by atoms with van der Waals surface area (Å²) in [6.45, 7) is 2.51. The Morgan fingerprint density at radius 1 is 1.09 bits per heavy atom. The average molecular weight is 463 g/mol. The van der Waals surface area contributed by atoms with Crippen LogP contribution in [0.4, 0.5) is 0 Å². The lowest BCUT2D eigenvalue weighted by Gasteiger charge is -2.13. The first kappa shape index (κ1) is 20.5. The van der Waals surface area contributed by atoms with Crippen LogP contribution in [0, 0.1) is 0 Å². The van der Waals surface area contributed by atoms with Gasteiger partial charge in [0.05, 0.1) is 29.0 Å². The van der Waals surface area contributed by atoms with E-state index in [0.717, 1.165) is 11.3 Å². The van der Waals surface area contributed by atoms with Crippen LogP contribution in [-0.4, -0.2) is 26.3 Å². The van der Waals surface area contributed by atoms with Gasteiger partial charge in [0.2, 0.25) is 11.7 Å². The van der Waals surface area contributed by atoms with Gasteiger partial charge in [0.15, 0.2) is 5.16 Å². The maximum atomic E-state index is 13.4. The molecule has 0 spiro atoms. The summed E-state index contributed by atoms with van der Waals surface area (Å²) in [6.07, 6.45) is 0. The molecule has 7 nitrogen and oxygen atoms in total. The molecular weight excluding hydrogens is 444 g/mol. The summed E-state index contributed by atoms with van der Waals surface area (Å²) in [6, 6.07) is 16.7. The summed E-state index contributed by atoms with van der Waals surface area (Å²) >= 11 is 2.95. The number of rotatable bonds is 7. The van der Waals surface area contributed by atoms with Gasteiger partial charge in [-0.2, -0.15) is 16.3 Å². The van der Waals surface area contributed by atoms with Crippen molar-refractivity contribution in [2.24, 2.45) is 0 Å². The lowest BCUT2D eigenvalue weighted by molar-refractivity contribution is 0.340. The van der Waals surface area contributed by atoms with Crippen LogP contribution in [0.15, 0.2) is 79.8 Å². The van der Waals surface area contributed by atoms with Gasteiger partial charge in [-0.3, -0.25) is 9.36 Å². The molecular formula is C23H18N4O3S2. The van der Waals surface area contributed by atoms with Gasteiger partial charge < -0.3 is 9.26 Å². The van der Waals surface area contributed by atoms with Crippen molar-refractivity contribution in [1.82, 2.24) is 19.7 Å². The Morgan fingerprint density at radius 2 is 1.94 bits per heavy atom. The molecule has 0 atom stereocenters. The fourth-order valence-electron chi connectivity index (χ4n) is 3.24. The zero-order valence-electron chi connectivity index (χ0n) is 17.1. The van der Waals surface area contributed by atoms with E-state index < -0.39 is 0 Å². The van der Waals surface area contributed by atoms with Crippen LogP contribution in [0.25, 0.3) is 28.0 Å². The lowest BCUT2D eigenvalue weighted by atomic mass is 10.2. The standard InChI is InChI=1S/C23H18N4O3S2/c1-2-29-17-9-7-16(8-10-17)27-22(28)18-5-3-4-6-19(18)24-23(27)32-14-20-25-21(26-30-20)15-11-12-31-13-15/h3-13H,2,14H2,1H3. The van der Waals surface area contributed by atoms with Gasteiger partial charge in [-0.05, 0) is 54.8 Å². The molecule has 3 aromatic heterocycles. The van der Waals surface area contributed by atoms with E-state index in [9.17, 15) is 4.79 Å². The third-order valence-corrected chi connectivity index (χ3v) is 6.33. The summed E-state index contributed by atoms with van der Waals surface area (Å²) in [4.78, 5) is 22.6. The van der Waals surface area contributed by atoms with E-state index in [1.54, 1.807) is 22.0 Å². The van der Waals surface area contributed by atoms with Crippen molar-refractivity contribution in [3.63, 3.8) is 0 Å². The number of thiophene rings is 1. The fraction of sp³-hybridized carbons (Fsp3) is 0.130. The SMILES string of the molecule is CCOc1ccc(-n2c(SCc3nc(-c4ccsc4)no3)nc3ccccc3c2=O)cc1.